The Bertz CT molecular complexity index is 292. The number of hydrogen-bond acceptors (Lipinski definition) is 2. The molecule has 1 amide bonds. The fraction of sp³-hybridized carbons (Fsp3) is 0.889. The summed E-state index contributed by atoms with van der Waals surface area (Å²) in [5, 5.41) is 8.81. The van der Waals surface area contributed by atoms with Crippen LogP contribution < -0.4 is 0 Å². The number of carboxylic acids is 1. The van der Waals surface area contributed by atoms with Crippen molar-refractivity contribution in [1.82, 2.24) is 4.90 Å². The van der Waals surface area contributed by atoms with Gasteiger partial charge >= 0.3 is 5.97 Å². The summed E-state index contributed by atoms with van der Waals surface area (Å²) in [5.74, 6) is -0.936. The molecule has 130 valence electrons. The number of carboxylic acid groups (broad SMARTS) is 1. The first-order chi connectivity index (χ1) is 10.6. The summed E-state index contributed by atoms with van der Waals surface area (Å²) in [6, 6.07) is 0. The van der Waals surface area contributed by atoms with Gasteiger partial charge in [0.25, 0.3) is 0 Å². The van der Waals surface area contributed by atoms with Crippen molar-refractivity contribution in [3.63, 3.8) is 0 Å². The van der Waals surface area contributed by atoms with Crippen molar-refractivity contribution in [1.29, 1.82) is 0 Å². The van der Waals surface area contributed by atoms with Crippen LogP contribution >= 0.6 is 0 Å². The molecule has 0 aliphatic carbocycles. The first-order valence-electron chi connectivity index (χ1n) is 9.11. The first-order valence-corrected chi connectivity index (χ1v) is 9.11. The average molecular weight is 313 g/mol. The highest BCUT2D eigenvalue weighted by Gasteiger charge is 2.14. The number of nitrogens with zero attached hydrogens (tertiary/aromatic N) is 1. The molecule has 0 bridgehead atoms. The topological polar surface area (TPSA) is 57.6 Å². The molecule has 1 N–H and O–H groups in total. The fourth-order valence-electron chi connectivity index (χ4n) is 2.65. The van der Waals surface area contributed by atoms with Gasteiger partial charge < -0.3 is 10.0 Å². The van der Waals surface area contributed by atoms with Gasteiger partial charge in [0, 0.05) is 13.0 Å². The van der Waals surface area contributed by atoms with E-state index in [4.69, 9.17) is 5.11 Å². The van der Waals surface area contributed by atoms with Crippen molar-refractivity contribution in [3.8, 4) is 0 Å². The van der Waals surface area contributed by atoms with Crippen LogP contribution in [0.15, 0.2) is 0 Å². The molecule has 0 heterocycles. The minimum Gasteiger partial charge on any atom is -0.480 e. The third-order valence-electron chi connectivity index (χ3n) is 3.92. The Balaban J connectivity index is 3.55. The zero-order valence-corrected chi connectivity index (χ0v) is 14.6. The summed E-state index contributed by atoms with van der Waals surface area (Å²) in [6.07, 6.45) is 13.7. The number of amides is 1. The minimum absolute atomic E-state index is 0.0104. The molecule has 0 spiro atoms. The van der Waals surface area contributed by atoms with Crippen molar-refractivity contribution in [3.05, 3.63) is 0 Å². The predicted octanol–water partition coefficient (Wildman–Crippen LogP) is 4.62. The fourth-order valence-corrected chi connectivity index (χ4v) is 2.65. The van der Waals surface area contributed by atoms with Gasteiger partial charge in [-0.2, -0.15) is 0 Å². The van der Waals surface area contributed by atoms with E-state index in [-0.39, 0.29) is 12.5 Å². The van der Waals surface area contributed by atoms with Gasteiger partial charge in [-0.25, -0.2) is 0 Å². The SMILES string of the molecule is CCCCCCCCCCCCC(=O)N(CCC)CC(=O)O. The molecule has 0 fully saturated rings. The van der Waals surface area contributed by atoms with Crippen LogP contribution in [-0.2, 0) is 9.59 Å². The lowest BCUT2D eigenvalue weighted by atomic mass is 10.1. The molecular formula is C18H35NO3. The standard InChI is InChI=1S/C18H35NO3/c1-3-5-6-7-8-9-10-11-12-13-14-17(20)19(15-4-2)16-18(21)22/h3-16H2,1-2H3,(H,21,22). The van der Waals surface area contributed by atoms with Crippen molar-refractivity contribution in [2.24, 2.45) is 0 Å². The second-order valence-corrected chi connectivity index (χ2v) is 6.14. The molecule has 4 heteroatoms. The Labute approximate surface area is 136 Å². The number of carbonyl (C=O) groups is 2. The zero-order chi connectivity index (χ0) is 16.6. The van der Waals surface area contributed by atoms with E-state index in [9.17, 15) is 9.59 Å². The molecule has 0 aromatic rings. The van der Waals surface area contributed by atoms with E-state index in [0.717, 1.165) is 19.3 Å². The highest BCUT2D eigenvalue weighted by atomic mass is 16.4. The van der Waals surface area contributed by atoms with E-state index in [2.05, 4.69) is 6.92 Å². The van der Waals surface area contributed by atoms with Crippen LogP contribution in [0.3, 0.4) is 0 Å². The van der Waals surface area contributed by atoms with E-state index in [1.54, 1.807) is 0 Å². The lowest BCUT2D eigenvalue weighted by molar-refractivity contribution is -0.144. The van der Waals surface area contributed by atoms with Gasteiger partial charge in [0.05, 0.1) is 0 Å². The number of aliphatic carboxylic acids is 1. The molecule has 0 atom stereocenters. The van der Waals surface area contributed by atoms with Crippen LogP contribution in [0.2, 0.25) is 0 Å². The third-order valence-corrected chi connectivity index (χ3v) is 3.92. The highest BCUT2D eigenvalue weighted by Crippen LogP contribution is 2.12. The van der Waals surface area contributed by atoms with Crippen LogP contribution in [0.1, 0.15) is 90.9 Å². The molecular weight excluding hydrogens is 278 g/mol. The molecule has 0 rings (SSSR count). The van der Waals surface area contributed by atoms with Crippen LogP contribution in [0.4, 0.5) is 0 Å². The molecule has 0 aromatic carbocycles. The quantitative estimate of drug-likeness (QED) is 0.449. The predicted molar refractivity (Wildman–Crippen MR) is 91.0 cm³/mol. The molecule has 4 nitrogen and oxygen atoms in total. The Morgan fingerprint density at radius 3 is 1.73 bits per heavy atom. The second-order valence-electron chi connectivity index (χ2n) is 6.14. The molecule has 0 aliphatic heterocycles. The Hall–Kier alpha value is -1.06. The van der Waals surface area contributed by atoms with Gasteiger partial charge in [-0.15, -0.1) is 0 Å². The summed E-state index contributed by atoms with van der Waals surface area (Å²) in [5.41, 5.74) is 0. The smallest absolute Gasteiger partial charge is 0.323 e. The normalized spacial score (nSPS) is 10.6. The summed E-state index contributed by atoms with van der Waals surface area (Å²) >= 11 is 0. The molecule has 0 unspecified atom stereocenters. The maximum Gasteiger partial charge on any atom is 0.323 e. The number of hydrogen-bond donors (Lipinski definition) is 1. The molecule has 0 saturated carbocycles. The Morgan fingerprint density at radius 1 is 0.773 bits per heavy atom. The average Bonchev–Trinajstić information content (AvgIpc) is 2.48. The summed E-state index contributed by atoms with van der Waals surface area (Å²) in [6.45, 7) is 4.58. The van der Waals surface area contributed by atoms with Gasteiger partial charge in [-0.05, 0) is 12.8 Å². The third kappa shape index (κ3) is 12.7. The van der Waals surface area contributed by atoms with Crippen molar-refractivity contribution in [2.45, 2.75) is 90.9 Å². The zero-order valence-electron chi connectivity index (χ0n) is 14.6. The van der Waals surface area contributed by atoms with Gasteiger partial charge in [-0.3, -0.25) is 9.59 Å². The Kier molecular flexibility index (Phi) is 14.1. The minimum atomic E-state index is -0.926. The Morgan fingerprint density at radius 2 is 1.27 bits per heavy atom. The van der Waals surface area contributed by atoms with E-state index < -0.39 is 5.97 Å². The van der Waals surface area contributed by atoms with Gasteiger partial charge in [-0.1, -0.05) is 71.6 Å². The maximum atomic E-state index is 12.0. The van der Waals surface area contributed by atoms with Gasteiger partial charge in [0.15, 0.2) is 0 Å². The highest BCUT2D eigenvalue weighted by molar-refractivity contribution is 5.81. The molecule has 22 heavy (non-hydrogen) atoms. The molecule has 0 aliphatic rings. The lowest BCUT2D eigenvalue weighted by Crippen LogP contribution is -2.36. The van der Waals surface area contributed by atoms with Crippen molar-refractivity contribution in [2.75, 3.05) is 13.1 Å². The van der Waals surface area contributed by atoms with Crippen LogP contribution in [-0.4, -0.2) is 35.0 Å². The van der Waals surface area contributed by atoms with Gasteiger partial charge in [0.1, 0.15) is 6.54 Å². The lowest BCUT2D eigenvalue weighted by Gasteiger charge is -2.19. The van der Waals surface area contributed by atoms with Gasteiger partial charge in [0.2, 0.25) is 5.91 Å². The number of rotatable bonds is 15. The number of carbonyl (C=O) groups excluding carboxylic acids is 1. The summed E-state index contributed by atoms with van der Waals surface area (Å²) in [4.78, 5) is 24.2. The second kappa shape index (κ2) is 14.9. The summed E-state index contributed by atoms with van der Waals surface area (Å²) < 4.78 is 0. The monoisotopic (exact) mass is 313 g/mol. The number of unbranched alkanes of at least 4 members (excludes halogenated alkanes) is 9. The molecule has 0 aromatic heterocycles. The van der Waals surface area contributed by atoms with E-state index in [1.807, 2.05) is 6.92 Å². The van der Waals surface area contributed by atoms with E-state index in [1.165, 1.54) is 56.3 Å². The largest absolute Gasteiger partial charge is 0.480 e. The van der Waals surface area contributed by atoms with Crippen LogP contribution in [0, 0.1) is 0 Å². The van der Waals surface area contributed by atoms with E-state index >= 15 is 0 Å². The maximum absolute atomic E-state index is 12.0. The van der Waals surface area contributed by atoms with Crippen LogP contribution in [0.5, 0.6) is 0 Å². The molecule has 0 saturated heterocycles. The van der Waals surface area contributed by atoms with Crippen molar-refractivity contribution < 1.29 is 14.7 Å². The summed E-state index contributed by atoms with van der Waals surface area (Å²) in [7, 11) is 0. The molecule has 0 radical (unpaired) electrons. The first kappa shape index (κ1) is 20.9. The van der Waals surface area contributed by atoms with Crippen molar-refractivity contribution >= 4 is 11.9 Å². The van der Waals surface area contributed by atoms with E-state index in [0.29, 0.717) is 13.0 Å². The van der Waals surface area contributed by atoms with Crippen LogP contribution in [0.25, 0.3) is 0 Å².